The monoisotopic (exact) mass is 333 g/mol. The quantitative estimate of drug-likeness (QED) is 0.780. The standard InChI is InChI=1S/C20H19N3O2/c24-18-11-16(14-7-3-4-8-17(14)21-18)20-22-19(23-25-20)15-10-9-12-5-1-2-6-13(12)15/h1-2,5-6,11,15H,3-4,7-10H2,(H,21,24). The lowest BCUT2D eigenvalue weighted by atomic mass is 9.92. The van der Waals surface area contributed by atoms with Gasteiger partial charge in [0, 0.05) is 17.7 Å². The van der Waals surface area contributed by atoms with Gasteiger partial charge in [-0.25, -0.2) is 0 Å². The Kier molecular flexibility index (Phi) is 3.33. The molecule has 1 unspecified atom stereocenters. The van der Waals surface area contributed by atoms with E-state index in [2.05, 4.69) is 39.4 Å². The Morgan fingerprint density at radius 3 is 2.96 bits per heavy atom. The first-order valence-corrected chi connectivity index (χ1v) is 8.96. The summed E-state index contributed by atoms with van der Waals surface area (Å²) in [6.07, 6.45) is 6.15. The van der Waals surface area contributed by atoms with Gasteiger partial charge in [0.1, 0.15) is 0 Å². The van der Waals surface area contributed by atoms with Crippen LogP contribution in [0.2, 0.25) is 0 Å². The van der Waals surface area contributed by atoms with Crippen molar-refractivity contribution in [2.24, 2.45) is 0 Å². The first-order chi connectivity index (χ1) is 12.3. The lowest BCUT2D eigenvalue weighted by Gasteiger charge is -2.16. The number of fused-ring (bicyclic) bond motifs is 2. The molecule has 0 radical (unpaired) electrons. The Hall–Kier alpha value is -2.69. The van der Waals surface area contributed by atoms with Crippen molar-refractivity contribution in [1.82, 2.24) is 15.1 Å². The van der Waals surface area contributed by atoms with E-state index in [1.54, 1.807) is 6.07 Å². The molecule has 3 aromatic rings. The van der Waals surface area contributed by atoms with Crippen LogP contribution in [0.1, 0.15) is 53.4 Å². The minimum absolute atomic E-state index is 0.0957. The van der Waals surface area contributed by atoms with Crippen LogP contribution in [0.25, 0.3) is 11.5 Å². The van der Waals surface area contributed by atoms with Crippen LogP contribution in [0.15, 0.2) is 39.6 Å². The van der Waals surface area contributed by atoms with Crippen molar-refractivity contribution in [3.63, 3.8) is 0 Å². The van der Waals surface area contributed by atoms with Gasteiger partial charge < -0.3 is 9.51 Å². The predicted molar refractivity (Wildman–Crippen MR) is 93.6 cm³/mol. The van der Waals surface area contributed by atoms with Crippen LogP contribution in [0.4, 0.5) is 0 Å². The molecule has 1 atom stereocenters. The normalized spacial score (nSPS) is 18.8. The van der Waals surface area contributed by atoms with Crippen LogP contribution in [0.5, 0.6) is 0 Å². The molecule has 25 heavy (non-hydrogen) atoms. The van der Waals surface area contributed by atoms with Gasteiger partial charge in [-0.15, -0.1) is 0 Å². The zero-order valence-corrected chi connectivity index (χ0v) is 13.9. The number of nitrogens with zero attached hydrogens (tertiary/aromatic N) is 2. The van der Waals surface area contributed by atoms with Crippen molar-refractivity contribution in [3.05, 3.63) is 68.9 Å². The van der Waals surface area contributed by atoms with Gasteiger partial charge in [0.25, 0.3) is 5.89 Å². The van der Waals surface area contributed by atoms with Gasteiger partial charge in [0.15, 0.2) is 5.82 Å². The van der Waals surface area contributed by atoms with Crippen LogP contribution >= 0.6 is 0 Å². The topological polar surface area (TPSA) is 71.8 Å². The number of H-pyrrole nitrogens is 1. The number of benzene rings is 1. The van der Waals surface area contributed by atoms with E-state index in [4.69, 9.17) is 4.52 Å². The molecule has 2 aliphatic rings. The highest BCUT2D eigenvalue weighted by atomic mass is 16.5. The second kappa shape index (κ2) is 5.69. The zero-order valence-electron chi connectivity index (χ0n) is 13.9. The summed E-state index contributed by atoms with van der Waals surface area (Å²) in [4.78, 5) is 19.7. The lowest BCUT2D eigenvalue weighted by Crippen LogP contribution is -2.15. The summed E-state index contributed by atoms with van der Waals surface area (Å²) in [6, 6.07) is 10.1. The van der Waals surface area contributed by atoms with E-state index in [0.29, 0.717) is 5.89 Å². The van der Waals surface area contributed by atoms with E-state index in [9.17, 15) is 4.79 Å². The Bertz CT molecular complexity index is 1000. The number of rotatable bonds is 2. The van der Waals surface area contributed by atoms with Crippen LogP contribution < -0.4 is 5.56 Å². The highest BCUT2D eigenvalue weighted by Gasteiger charge is 2.28. The Labute approximate surface area is 145 Å². The first-order valence-electron chi connectivity index (χ1n) is 8.96. The van der Waals surface area contributed by atoms with Crippen LogP contribution in [-0.4, -0.2) is 15.1 Å². The summed E-state index contributed by atoms with van der Waals surface area (Å²) >= 11 is 0. The summed E-state index contributed by atoms with van der Waals surface area (Å²) < 4.78 is 5.59. The number of aromatic nitrogens is 3. The van der Waals surface area contributed by atoms with Gasteiger partial charge >= 0.3 is 0 Å². The SMILES string of the molecule is O=c1cc(-c2nc(C3CCc4ccccc43)no2)c2c([nH]1)CCCC2. The molecule has 2 aliphatic carbocycles. The fourth-order valence-electron chi connectivity index (χ4n) is 4.25. The van der Waals surface area contributed by atoms with Crippen molar-refractivity contribution in [2.45, 2.75) is 44.4 Å². The van der Waals surface area contributed by atoms with Crippen molar-refractivity contribution in [1.29, 1.82) is 0 Å². The maximum Gasteiger partial charge on any atom is 0.258 e. The lowest BCUT2D eigenvalue weighted by molar-refractivity contribution is 0.418. The summed E-state index contributed by atoms with van der Waals surface area (Å²) in [7, 11) is 0. The molecular formula is C20H19N3O2. The number of nitrogens with one attached hydrogen (secondary N) is 1. The fraction of sp³-hybridized carbons (Fsp3) is 0.350. The highest BCUT2D eigenvalue weighted by Crippen LogP contribution is 2.37. The molecule has 1 N–H and O–H groups in total. The Balaban J connectivity index is 1.56. The maximum absolute atomic E-state index is 12.0. The Morgan fingerprint density at radius 2 is 2.00 bits per heavy atom. The molecule has 5 rings (SSSR count). The smallest absolute Gasteiger partial charge is 0.258 e. The van der Waals surface area contributed by atoms with Crippen molar-refractivity contribution in [2.75, 3.05) is 0 Å². The molecule has 1 aromatic carbocycles. The molecule has 0 spiro atoms. The van der Waals surface area contributed by atoms with Crippen molar-refractivity contribution in [3.8, 4) is 11.5 Å². The summed E-state index contributed by atoms with van der Waals surface area (Å²) in [6.45, 7) is 0. The molecular weight excluding hydrogens is 314 g/mol. The van der Waals surface area contributed by atoms with Crippen molar-refractivity contribution >= 4 is 0 Å². The maximum atomic E-state index is 12.0. The van der Waals surface area contributed by atoms with E-state index in [0.717, 1.165) is 61.2 Å². The molecule has 0 aliphatic heterocycles. The second-order valence-corrected chi connectivity index (χ2v) is 6.96. The Morgan fingerprint density at radius 1 is 1.12 bits per heavy atom. The molecule has 5 heteroatoms. The third-order valence-electron chi connectivity index (χ3n) is 5.46. The van der Waals surface area contributed by atoms with E-state index in [-0.39, 0.29) is 11.5 Å². The largest absolute Gasteiger partial charge is 0.334 e. The van der Waals surface area contributed by atoms with Crippen LogP contribution in [0.3, 0.4) is 0 Å². The molecule has 2 heterocycles. The summed E-state index contributed by atoms with van der Waals surface area (Å²) in [5.41, 5.74) is 5.56. The minimum Gasteiger partial charge on any atom is -0.334 e. The predicted octanol–water partition coefficient (Wildman–Crippen LogP) is 3.38. The first kappa shape index (κ1) is 14.6. The third kappa shape index (κ3) is 2.42. The molecule has 0 saturated heterocycles. The van der Waals surface area contributed by atoms with Gasteiger partial charge in [0.2, 0.25) is 5.56 Å². The van der Waals surface area contributed by atoms with Gasteiger partial charge in [0.05, 0.1) is 5.56 Å². The van der Waals surface area contributed by atoms with Crippen LogP contribution in [-0.2, 0) is 19.3 Å². The van der Waals surface area contributed by atoms with Gasteiger partial charge in [-0.3, -0.25) is 4.79 Å². The molecule has 0 bridgehead atoms. The van der Waals surface area contributed by atoms with Gasteiger partial charge in [-0.1, -0.05) is 29.4 Å². The number of aryl methyl sites for hydroxylation is 2. The molecule has 0 fully saturated rings. The molecule has 126 valence electrons. The second-order valence-electron chi connectivity index (χ2n) is 6.96. The van der Waals surface area contributed by atoms with E-state index < -0.39 is 0 Å². The fourth-order valence-corrected chi connectivity index (χ4v) is 4.25. The average Bonchev–Trinajstić information content (AvgIpc) is 3.27. The summed E-state index contributed by atoms with van der Waals surface area (Å²) in [5, 5.41) is 4.25. The number of hydrogen-bond acceptors (Lipinski definition) is 4. The molecule has 5 nitrogen and oxygen atoms in total. The molecule has 0 saturated carbocycles. The summed E-state index contributed by atoms with van der Waals surface area (Å²) in [5.74, 6) is 1.39. The van der Waals surface area contributed by atoms with E-state index >= 15 is 0 Å². The minimum atomic E-state index is -0.0957. The zero-order chi connectivity index (χ0) is 16.8. The number of hydrogen-bond donors (Lipinski definition) is 1. The number of pyridine rings is 1. The molecule has 0 amide bonds. The van der Waals surface area contributed by atoms with E-state index in [1.165, 1.54) is 11.1 Å². The third-order valence-corrected chi connectivity index (χ3v) is 5.46. The molecule has 2 aromatic heterocycles. The van der Waals surface area contributed by atoms with Gasteiger partial charge in [-0.2, -0.15) is 4.98 Å². The van der Waals surface area contributed by atoms with E-state index in [1.807, 2.05) is 0 Å². The highest BCUT2D eigenvalue weighted by molar-refractivity contribution is 5.60. The number of aromatic amines is 1. The average molecular weight is 333 g/mol. The van der Waals surface area contributed by atoms with Gasteiger partial charge in [-0.05, 0) is 55.2 Å². The van der Waals surface area contributed by atoms with Crippen molar-refractivity contribution < 1.29 is 4.52 Å². The van der Waals surface area contributed by atoms with Crippen LogP contribution in [0, 0.1) is 0 Å².